The third kappa shape index (κ3) is 5.52. The van der Waals surface area contributed by atoms with E-state index in [1.807, 2.05) is 0 Å². The monoisotopic (exact) mass is 540 g/mol. The first-order valence-corrected chi connectivity index (χ1v) is 11.4. The molecule has 2 bridgehead atoms. The van der Waals surface area contributed by atoms with E-state index in [0.717, 1.165) is 12.8 Å². The van der Waals surface area contributed by atoms with E-state index >= 15 is 0 Å². The Balaban J connectivity index is 1.38. The number of nitrogens with zero attached hydrogens (tertiary/aromatic N) is 3. The largest absolute Gasteiger partial charge is 0.444 e. The number of fused-ring (bicyclic) bond motifs is 2. The number of ether oxygens (including phenoxy) is 2. The van der Waals surface area contributed by atoms with Crippen LogP contribution in [-0.2, 0) is 9.47 Å². The van der Waals surface area contributed by atoms with Gasteiger partial charge in [0, 0.05) is 41.7 Å². The van der Waals surface area contributed by atoms with Crippen molar-refractivity contribution in [1.29, 1.82) is 0 Å². The lowest BCUT2D eigenvalue weighted by Crippen LogP contribution is -2.53. The average molecular weight is 540 g/mol. The Bertz CT molecular complexity index is 676. The van der Waals surface area contributed by atoms with E-state index in [1.54, 1.807) is 48.3 Å². The summed E-state index contributed by atoms with van der Waals surface area (Å²) in [5.41, 5.74) is -0.608. The molecule has 4 atom stereocenters. The molecule has 30 heavy (non-hydrogen) atoms. The number of amides is 4. The molecule has 3 heterocycles. The zero-order valence-electron chi connectivity index (χ0n) is 17.6. The molecule has 3 rings (SSSR count). The first-order valence-electron chi connectivity index (χ1n) is 10.3. The maximum Gasteiger partial charge on any atom is 0.410 e. The van der Waals surface area contributed by atoms with E-state index < -0.39 is 23.9 Å². The molecule has 4 amide bonds. The van der Waals surface area contributed by atoms with Crippen molar-refractivity contribution < 1.29 is 28.2 Å². The van der Waals surface area contributed by atoms with Crippen molar-refractivity contribution in [3.05, 3.63) is 0 Å². The Morgan fingerprint density at radius 1 is 1.23 bits per heavy atom. The molecule has 1 N–H and O–H groups in total. The molecule has 0 aromatic rings. The second kappa shape index (κ2) is 9.51. The Labute approximate surface area is 189 Å². The molecule has 0 aromatic carbocycles. The van der Waals surface area contributed by atoms with E-state index in [0.29, 0.717) is 26.1 Å². The highest BCUT2D eigenvalue weighted by atomic mass is 127. The number of rotatable bonds is 5. The van der Waals surface area contributed by atoms with Gasteiger partial charge < -0.3 is 19.3 Å². The fourth-order valence-corrected chi connectivity index (χ4v) is 4.73. The number of imide groups is 1. The van der Waals surface area contributed by atoms with Gasteiger partial charge in [-0.15, -0.1) is 0 Å². The van der Waals surface area contributed by atoms with Crippen LogP contribution in [-0.4, -0.2) is 93.6 Å². The van der Waals surface area contributed by atoms with Gasteiger partial charge in [0.2, 0.25) is 0 Å². The van der Waals surface area contributed by atoms with Crippen molar-refractivity contribution in [3.8, 4) is 0 Å². The molecular weight excluding hydrogens is 510 g/mol. The molecule has 3 aliphatic rings. The zero-order valence-corrected chi connectivity index (χ0v) is 19.8. The molecule has 3 saturated heterocycles. The van der Waals surface area contributed by atoms with Crippen LogP contribution in [0, 0.1) is 0 Å². The normalized spacial score (nSPS) is 29.4. The number of hydrogen-bond donors (Lipinski definition) is 1. The summed E-state index contributed by atoms with van der Waals surface area (Å²) in [5, 5.41) is 3.05. The number of carbonyl (C=O) groups is 3. The van der Waals surface area contributed by atoms with Crippen LogP contribution in [0.5, 0.6) is 0 Å². The standard InChI is InChI=1S/C19H30FIN4O5/c1-19(2,3)30-18(28)23-7-6-15(14(20)9-23)22-11-29-10-13-5-4-12-8-24(13)17(27)25(12)16(21)26/h12-15,22H,4-11H2,1-3H3/t12-,13+,14-,15+/m1/s1. The van der Waals surface area contributed by atoms with E-state index in [-0.39, 0.29) is 35.3 Å². The van der Waals surface area contributed by atoms with Crippen molar-refractivity contribution in [2.75, 3.05) is 33.0 Å². The number of piperidine rings is 2. The van der Waals surface area contributed by atoms with Crippen LogP contribution in [0.1, 0.15) is 40.0 Å². The second-order valence-corrected chi connectivity index (χ2v) is 9.92. The van der Waals surface area contributed by atoms with Gasteiger partial charge in [0.25, 0.3) is 3.91 Å². The van der Waals surface area contributed by atoms with Gasteiger partial charge in [0.05, 0.1) is 32.0 Å². The van der Waals surface area contributed by atoms with Gasteiger partial charge in [-0.2, -0.15) is 0 Å². The van der Waals surface area contributed by atoms with Gasteiger partial charge in [-0.05, 0) is 40.0 Å². The van der Waals surface area contributed by atoms with Crippen molar-refractivity contribution in [2.45, 2.75) is 69.9 Å². The second-order valence-electron chi connectivity index (χ2n) is 9.00. The summed E-state index contributed by atoms with van der Waals surface area (Å²) in [6.07, 6.45) is 0.301. The third-order valence-electron chi connectivity index (χ3n) is 5.64. The van der Waals surface area contributed by atoms with Crippen LogP contribution in [0.2, 0.25) is 0 Å². The number of urea groups is 1. The van der Waals surface area contributed by atoms with E-state index in [9.17, 15) is 18.8 Å². The van der Waals surface area contributed by atoms with Gasteiger partial charge in [-0.1, -0.05) is 0 Å². The molecule has 11 heteroatoms. The predicted octanol–water partition coefficient (Wildman–Crippen LogP) is 2.72. The zero-order chi connectivity index (χ0) is 22.1. The molecule has 0 radical (unpaired) electrons. The van der Waals surface area contributed by atoms with Crippen LogP contribution >= 0.6 is 22.6 Å². The van der Waals surface area contributed by atoms with Crippen molar-refractivity contribution in [1.82, 2.24) is 20.0 Å². The van der Waals surface area contributed by atoms with Gasteiger partial charge in [-0.25, -0.2) is 14.0 Å². The van der Waals surface area contributed by atoms with Crippen LogP contribution in [0.4, 0.5) is 18.8 Å². The quantitative estimate of drug-likeness (QED) is 0.190. The van der Waals surface area contributed by atoms with E-state index in [1.165, 1.54) is 9.80 Å². The molecule has 0 aromatic heterocycles. The number of halogens is 2. The molecule has 0 unspecified atom stereocenters. The van der Waals surface area contributed by atoms with Crippen molar-refractivity contribution in [3.63, 3.8) is 0 Å². The molecule has 9 nitrogen and oxygen atoms in total. The average Bonchev–Trinajstić information content (AvgIpc) is 2.91. The highest BCUT2D eigenvalue weighted by molar-refractivity contribution is 14.1. The van der Waals surface area contributed by atoms with Gasteiger partial charge in [-0.3, -0.25) is 15.0 Å². The molecule has 170 valence electrons. The summed E-state index contributed by atoms with van der Waals surface area (Å²) < 4.78 is 25.2. The molecule has 0 saturated carbocycles. The van der Waals surface area contributed by atoms with Crippen LogP contribution < -0.4 is 5.32 Å². The van der Waals surface area contributed by atoms with E-state index in [4.69, 9.17) is 9.47 Å². The smallest absolute Gasteiger partial charge is 0.410 e. The summed E-state index contributed by atoms with van der Waals surface area (Å²) in [7, 11) is 0. The Morgan fingerprint density at radius 2 is 1.97 bits per heavy atom. The van der Waals surface area contributed by atoms with Crippen LogP contribution in [0.15, 0.2) is 0 Å². The topological polar surface area (TPSA) is 91.4 Å². The lowest BCUT2D eigenvalue weighted by Gasteiger charge is -2.36. The Hall–Kier alpha value is -1.21. The fraction of sp³-hybridized carbons (Fsp3) is 0.842. The first-order chi connectivity index (χ1) is 14.1. The number of alkyl halides is 1. The molecular formula is C19H30FIN4O5. The highest BCUT2D eigenvalue weighted by Crippen LogP contribution is 2.31. The van der Waals surface area contributed by atoms with Gasteiger partial charge in [0.1, 0.15) is 11.8 Å². The number of nitrogens with one attached hydrogen (secondary N) is 1. The molecule has 3 fully saturated rings. The SMILES string of the molecule is CC(C)(C)OC(=O)N1CC[C@H](NCOC[C@@H]2CC[C@@H]3CN2C(=O)N3C(=O)I)[C@H](F)C1. The Morgan fingerprint density at radius 3 is 2.60 bits per heavy atom. The summed E-state index contributed by atoms with van der Waals surface area (Å²) in [4.78, 5) is 40.6. The fourth-order valence-electron chi connectivity index (χ4n) is 4.13. The summed E-state index contributed by atoms with van der Waals surface area (Å²) in [6, 6.07) is -0.776. The third-order valence-corrected chi connectivity index (χ3v) is 6.16. The van der Waals surface area contributed by atoms with Crippen LogP contribution in [0.3, 0.4) is 0 Å². The summed E-state index contributed by atoms with van der Waals surface area (Å²) in [6.45, 7) is 6.79. The van der Waals surface area contributed by atoms with Crippen molar-refractivity contribution in [2.24, 2.45) is 0 Å². The highest BCUT2D eigenvalue weighted by Gasteiger charge is 2.46. The number of hydrogen-bond acceptors (Lipinski definition) is 6. The maximum atomic E-state index is 14.5. The first kappa shape index (κ1) is 23.5. The Kier molecular flexibility index (Phi) is 7.44. The van der Waals surface area contributed by atoms with Gasteiger partial charge in [0.15, 0.2) is 0 Å². The minimum absolute atomic E-state index is 0.0148. The molecule has 0 spiro atoms. The molecule has 3 aliphatic heterocycles. The van der Waals surface area contributed by atoms with Crippen molar-refractivity contribution >= 4 is 38.6 Å². The van der Waals surface area contributed by atoms with Crippen LogP contribution in [0.25, 0.3) is 0 Å². The molecule has 0 aliphatic carbocycles. The number of likely N-dealkylation sites (tertiary alicyclic amines) is 1. The minimum atomic E-state index is -1.21. The summed E-state index contributed by atoms with van der Waals surface area (Å²) in [5.74, 6) is 0. The minimum Gasteiger partial charge on any atom is -0.444 e. The predicted molar refractivity (Wildman–Crippen MR) is 115 cm³/mol. The van der Waals surface area contributed by atoms with E-state index in [2.05, 4.69) is 5.32 Å². The van der Waals surface area contributed by atoms with Gasteiger partial charge >= 0.3 is 12.1 Å². The number of carbonyl (C=O) groups excluding carboxylic acids is 3. The summed E-state index contributed by atoms with van der Waals surface area (Å²) >= 11 is 1.65. The lowest BCUT2D eigenvalue weighted by atomic mass is 10.0. The maximum absolute atomic E-state index is 14.5. The lowest BCUT2D eigenvalue weighted by molar-refractivity contribution is 0.00310.